The molecule has 0 fully saturated rings. The fourth-order valence-electron chi connectivity index (χ4n) is 2.03. The lowest BCUT2D eigenvalue weighted by atomic mass is 10.1. The Morgan fingerprint density at radius 1 is 1.04 bits per heavy atom. The molecule has 1 aromatic carbocycles. The van der Waals surface area contributed by atoms with Crippen LogP contribution in [0.4, 0.5) is 0 Å². The molecule has 0 aliphatic carbocycles. The molecular weight excluding hydrogens is 298 g/mol. The summed E-state index contributed by atoms with van der Waals surface area (Å²) in [4.78, 5) is 36.4. The molecule has 6 nitrogen and oxygen atoms in total. The number of ketones is 2. The van der Waals surface area contributed by atoms with E-state index in [1.807, 2.05) is 12.1 Å². The largest absolute Gasteiger partial charge is 0.502 e. The molecule has 118 valence electrons. The Labute approximate surface area is 132 Å². The first-order valence-corrected chi connectivity index (χ1v) is 6.83. The van der Waals surface area contributed by atoms with Crippen LogP contribution in [-0.2, 0) is 11.2 Å². The lowest BCUT2D eigenvalue weighted by Gasteiger charge is -2.01. The summed E-state index contributed by atoms with van der Waals surface area (Å²) in [7, 11) is 0. The minimum atomic E-state index is -1.56. The summed E-state index contributed by atoms with van der Waals surface area (Å²) in [6.45, 7) is 1.50. The van der Waals surface area contributed by atoms with E-state index in [4.69, 9.17) is 10.2 Å². The van der Waals surface area contributed by atoms with E-state index in [0.29, 0.717) is 18.1 Å². The number of carbonyl (C=O) groups excluding carboxylic acids is 2. The van der Waals surface area contributed by atoms with Gasteiger partial charge in [0.1, 0.15) is 0 Å². The highest BCUT2D eigenvalue weighted by Crippen LogP contribution is 2.12. The molecule has 0 saturated carbocycles. The van der Waals surface area contributed by atoms with Crippen LogP contribution in [0.3, 0.4) is 0 Å². The van der Waals surface area contributed by atoms with E-state index >= 15 is 0 Å². The van der Waals surface area contributed by atoms with Gasteiger partial charge < -0.3 is 15.2 Å². The smallest absolute Gasteiger partial charge is 0.371 e. The van der Waals surface area contributed by atoms with Crippen LogP contribution in [0.25, 0.3) is 0 Å². The van der Waals surface area contributed by atoms with E-state index in [9.17, 15) is 14.4 Å². The molecule has 0 aliphatic rings. The number of aromatic amines is 1. The zero-order chi connectivity index (χ0) is 17.0. The quantitative estimate of drug-likeness (QED) is 0.431. The van der Waals surface area contributed by atoms with E-state index in [-0.39, 0.29) is 11.5 Å². The minimum Gasteiger partial charge on any atom is -0.502 e. The van der Waals surface area contributed by atoms with Crippen molar-refractivity contribution < 1.29 is 24.6 Å². The highest BCUT2D eigenvalue weighted by atomic mass is 16.4. The van der Waals surface area contributed by atoms with Crippen molar-refractivity contribution in [3.63, 3.8) is 0 Å². The monoisotopic (exact) mass is 313 g/mol. The third-order valence-corrected chi connectivity index (χ3v) is 3.25. The number of aliphatic carboxylic acids is 1. The highest BCUT2D eigenvalue weighted by Gasteiger charge is 2.11. The molecule has 6 heteroatoms. The number of rotatable bonds is 6. The second-order valence-corrected chi connectivity index (χ2v) is 5.03. The van der Waals surface area contributed by atoms with Gasteiger partial charge in [0.15, 0.2) is 5.78 Å². The Balaban J connectivity index is 2.10. The number of carboxylic acids is 1. The Morgan fingerprint density at radius 3 is 2.26 bits per heavy atom. The van der Waals surface area contributed by atoms with Crippen molar-refractivity contribution in [1.82, 2.24) is 4.98 Å². The molecular formula is C17H15NO5. The number of Topliss-reactive ketones (excluding diaryl/α,β-unsaturated/α-hetero) is 1. The van der Waals surface area contributed by atoms with Crippen LogP contribution >= 0.6 is 0 Å². The Morgan fingerprint density at radius 2 is 1.70 bits per heavy atom. The van der Waals surface area contributed by atoms with Crippen LogP contribution in [0.15, 0.2) is 48.2 Å². The number of hydrogen-bond acceptors (Lipinski definition) is 4. The maximum Gasteiger partial charge on any atom is 0.371 e. The second kappa shape index (κ2) is 6.74. The van der Waals surface area contributed by atoms with Crippen molar-refractivity contribution >= 4 is 17.5 Å². The van der Waals surface area contributed by atoms with Crippen LogP contribution in [0.5, 0.6) is 0 Å². The van der Waals surface area contributed by atoms with Crippen LogP contribution in [-0.4, -0.2) is 32.7 Å². The Hall–Kier alpha value is -3.15. The van der Waals surface area contributed by atoms with Gasteiger partial charge in [0, 0.05) is 23.8 Å². The van der Waals surface area contributed by atoms with E-state index in [0.717, 1.165) is 11.3 Å². The van der Waals surface area contributed by atoms with Gasteiger partial charge in [0.2, 0.25) is 11.5 Å². The fourth-order valence-corrected chi connectivity index (χ4v) is 2.03. The van der Waals surface area contributed by atoms with Crippen molar-refractivity contribution in [2.45, 2.75) is 13.3 Å². The summed E-state index contributed by atoms with van der Waals surface area (Å²) in [5.41, 5.74) is 2.53. The molecule has 2 rings (SSSR count). The minimum absolute atomic E-state index is 0.00525. The molecule has 0 spiro atoms. The predicted molar refractivity (Wildman–Crippen MR) is 82.7 cm³/mol. The van der Waals surface area contributed by atoms with E-state index in [1.54, 1.807) is 18.2 Å². The summed E-state index contributed by atoms with van der Waals surface area (Å²) in [5, 5.41) is 17.6. The van der Waals surface area contributed by atoms with Crippen molar-refractivity contribution in [3.8, 4) is 0 Å². The summed E-state index contributed by atoms with van der Waals surface area (Å²) in [6.07, 6.45) is 1.18. The van der Waals surface area contributed by atoms with Gasteiger partial charge in [-0.25, -0.2) is 4.79 Å². The maximum absolute atomic E-state index is 11.8. The first-order valence-electron chi connectivity index (χ1n) is 6.83. The van der Waals surface area contributed by atoms with Gasteiger partial charge in [-0.3, -0.25) is 9.59 Å². The molecule has 0 unspecified atom stereocenters. The molecule has 0 aliphatic heterocycles. The molecule has 0 bridgehead atoms. The number of nitrogens with one attached hydrogen (secondary N) is 1. The van der Waals surface area contributed by atoms with Crippen LogP contribution < -0.4 is 0 Å². The summed E-state index contributed by atoms with van der Waals surface area (Å²) in [5.74, 6) is -3.20. The molecule has 0 amide bonds. The lowest BCUT2D eigenvalue weighted by molar-refractivity contribution is -0.135. The first-order chi connectivity index (χ1) is 10.9. The normalized spacial score (nSPS) is 11.3. The summed E-state index contributed by atoms with van der Waals surface area (Å²) in [6, 6.07) is 10.4. The van der Waals surface area contributed by atoms with Gasteiger partial charge in [0.25, 0.3) is 0 Å². The van der Waals surface area contributed by atoms with Crippen molar-refractivity contribution in [2.24, 2.45) is 0 Å². The number of H-pyrrole nitrogens is 1. The molecule has 0 atom stereocenters. The molecule has 0 radical (unpaired) electrons. The molecule has 1 heterocycles. The van der Waals surface area contributed by atoms with E-state index in [1.165, 1.54) is 13.0 Å². The van der Waals surface area contributed by atoms with Gasteiger partial charge in [-0.2, -0.15) is 0 Å². The number of benzene rings is 1. The molecule has 23 heavy (non-hydrogen) atoms. The number of aromatic nitrogens is 1. The second-order valence-electron chi connectivity index (χ2n) is 5.03. The first kappa shape index (κ1) is 16.2. The zero-order valence-electron chi connectivity index (χ0n) is 12.4. The van der Waals surface area contributed by atoms with Gasteiger partial charge in [-0.15, -0.1) is 0 Å². The summed E-state index contributed by atoms with van der Waals surface area (Å²) >= 11 is 0. The van der Waals surface area contributed by atoms with Crippen molar-refractivity contribution in [2.75, 3.05) is 0 Å². The Bertz CT molecular complexity index is 784. The van der Waals surface area contributed by atoms with Gasteiger partial charge >= 0.3 is 5.97 Å². The van der Waals surface area contributed by atoms with E-state index in [2.05, 4.69) is 4.98 Å². The summed E-state index contributed by atoms with van der Waals surface area (Å²) < 4.78 is 0. The average molecular weight is 313 g/mol. The average Bonchev–Trinajstić information content (AvgIpc) is 2.96. The zero-order valence-corrected chi connectivity index (χ0v) is 12.4. The predicted octanol–water partition coefficient (Wildman–Crippen LogP) is 2.52. The van der Waals surface area contributed by atoms with Gasteiger partial charge in [-0.1, -0.05) is 24.3 Å². The number of aliphatic hydroxyl groups is 1. The van der Waals surface area contributed by atoms with Crippen LogP contribution in [0.1, 0.15) is 39.0 Å². The topological polar surface area (TPSA) is 107 Å². The number of allylic oxidation sites excluding steroid dienone is 1. The molecule has 1 aromatic heterocycles. The number of aliphatic hydroxyl groups excluding tert-OH is 1. The number of hydrogen-bond donors (Lipinski definition) is 3. The number of carbonyl (C=O) groups is 3. The third-order valence-electron chi connectivity index (χ3n) is 3.25. The standard InChI is InChI=1S/C17H15NO5/c1-10(19)12-4-2-11(3-5-12)8-13-6-7-14(18-13)15(20)9-16(21)17(22)23/h2-7,9,18,21H,8H2,1H3,(H,22,23). The molecule has 3 N–H and O–H groups in total. The number of carboxylic acid groups (broad SMARTS) is 1. The maximum atomic E-state index is 11.8. The van der Waals surface area contributed by atoms with Crippen LogP contribution in [0, 0.1) is 0 Å². The fraction of sp³-hybridized carbons (Fsp3) is 0.118. The van der Waals surface area contributed by atoms with Crippen LogP contribution in [0.2, 0.25) is 0 Å². The van der Waals surface area contributed by atoms with Crippen molar-refractivity contribution in [3.05, 3.63) is 70.7 Å². The van der Waals surface area contributed by atoms with E-state index < -0.39 is 17.5 Å². The highest BCUT2D eigenvalue weighted by molar-refractivity contribution is 6.06. The Kier molecular flexibility index (Phi) is 4.75. The lowest BCUT2D eigenvalue weighted by Crippen LogP contribution is -2.04. The molecule has 0 saturated heterocycles. The van der Waals surface area contributed by atoms with Crippen molar-refractivity contribution in [1.29, 1.82) is 0 Å². The van der Waals surface area contributed by atoms with Gasteiger partial charge in [0.05, 0.1) is 5.69 Å². The van der Waals surface area contributed by atoms with Gasteiger partial charge in [-0.05, 0) is 24.6 Å². The molecule has 2 aromatic rings. The SMILES string of the molecule is CC(=O)c1ccc(Cc2ccc(C(=O)C=C(O)C(=O)O)[nH]2)cc1. The third kappa shape index (κ3) is 4.16.